The van der Waals surface area contributed by atoms with E-state index < -0.39 is 25.7 Å². The number of hydrogen-bond donors (Lipinski definition) is 0. The van der Waals surface area contributed by atoms with Crippen LogP contribution in [0.2, 0.25) is 0 Å². The minimum Gasteiger partial charge on any atom is -0.406 e. The molecular formula is C16H11BF5O3. The lowest BCUT2D eigenvalue weighted by atomic mass is 10.0. The molecule has 0 heterocycles. The van der Waals surface area contributed by atoms with E-state index in [0.717, 1.165) is 12.1 Å². The maximum atomic E-state index is 12.0. The van der Waals surface area contributed by atoms with Crippen LogP contribution in [0.4, 0.5) is 21.8 Å². The summed E-state index contributed by atoms with van der Waals surface area (Å²) in [6.45, 7) is 0. The number of halogens is 5. The van der Waals surface area contributed by atoms with E-state index in [9.17, 15) is 31.4 Å². The number of ketones is 2. The monoisotopic (exact) mass is 357 g/mol. The topological polar surface area (TPSA) is 43.4 Å². The molecule has 1 radical (unpaired) electrons. The van der Waals surface area contributed by atoms with Crippen molar-refractivity contribution < 1.29 is 36.1 Å². The summed E-state index contributed by atoms with van der Waals surface area (Å²) in [4.78, 5) is 23.8. The average Bonchev–Trinajstić information content (AvgIpc) is 2.55. The Morgan fingerprint density at radius 3 is 1.72 bits per heavy atom. The Hall–Kier alpha value is -2.71. The fourth-order valence-electron chi connectivity index (χ4n) is 1.82. The fraction of sp³-hybridized carbons (Fsp3) is 0.125. The highest BCUT2D eigenvalue weighted by Crippen LogP contribution is 2.23. The van der Waals surface area contributed by atoms with Crippen LogP contribution in [0.5, 0.6) is 5.75 Å². The van der Waals surface area contributed by atoms with Gasteiger partial charge in [-0.3, -0.25) is 18.2 Å². The van der Waals surface area contributed by atoms with E-state index >= 15 is 0 Å². The van der Waals surface area contributed by atoms with Crippen LogP contribution in [-0.4, -0.2) is 25.8 Å². The van der Waals surface area contributed by atoms with Crippen molar-refractivity contribution in [2.24, 2.45) is 0 Å². The number of ether oxygens (including phenoxy) is 1. The van der Waals surface area contributed by atoms with Gasteiger partial charge < -0.3 is 4.74 Å². The van der Waals surface area contributed by atoms with Gasteiger partial charge in [-0.25, -0.2) is 0 Å². The van der Waals surface area contributed by atoms with Gasteiger partial charge in [-0.15, -0.1) is 13.2 Å². The van der Waals surface area contributed by atoms with Crippen molar-refractivity contribution in [3.05, 3.63) is 65.7 Å². The third-order valence-corrected chi connectivity index (χ3v) is 2.83. The van der Waals surface area contributed by atoms with Crippen LogP contribution >= 0.6 is 0 Å². The summed E-state index contributed by atoms with van der Waals surface area (Å²) in [7, 11) is -1.00. The highest BCUT2D eigenvalue weighted by atomic mass is 19.4. The number of benzene rings is 2. The van der Waals surface area contributed by atoms with E-state index in [-0.39, 0.29) is 17.8 Å². The first kappa shape index (κ1) is 20.3. The number of carbonyl (C=O) groups is 2. The molecule has 0 atom stereocenters. The minimum absolute atomic E-state index is 0.152. The van der Waals surface area contributed by atoms with Crippen LogP contribution in [-0.2, 0) is 0 Å². The Kier molecular flexibility index (Phi) is 7.78. The van der Waals surface area contributed by atoms with Gasteiger partial charge in [0.05, 0.1) is 6.42 Å². The fourth-order valence-corrected chi connectivity index (χ4v) is 1.82. The first-order valence-electron chi connectivity index (χ1n) is 6.76. The van der Waals surface area contributed by atoms with Crippen molar-refractivity contribution in [1.29, 1.82) is 0 Å². The van der Waals surface area contributed by atoms with Gasteiger partial charge >= 0.3 is 14.2 Å². The lowest BCUT2D eigenvalue weighted by molar-refractivity contribution is -0.274. The Balaban J connectivity index is 0.000000970. The highest BCUT2D eigenvalue weighted by Gasteiger charge is 2.31. The number of hydrogen-bond acceptors (Lipinski definition) is 3. The van der Waals surface area contributed by atoms with E-state index in [0.29, 0.717) is 5.56 Å². The van der Waals surface area contributed by atoms with Crippen molar-refractivity contribution >= 4 is 19.4 Å². The van der Waals surface area contributed by atoms with Crippen molar-refractivity contribution in [1.82, 2.24) is 0 Å². The average molecular weight is 357 g/mol. The quantitative estimate of drug-likeness (QED) is 0.343. The van der Waals surface area contributed by atoms with Gasteiger partial charge in [0, 0.05) is 11.1 Å². The molecule has 3 nitrogen and oxygen atoms in total. The SMILES string of the molecule is F[B]F.O=C(CC(=O)c1ccc(OC(F)(F)F)cc1)c1ccccc1. The predicted molar refractivity (Wildman–Crippen MR) is 80.8 cm³/mol. The molecule has 0 aliphatic rings. The number of carbonyl (C=O) groups excluding carboxylic acids is 2. The summed E-state index contributed by atoms with van der Waals surface area (Å²) < 4.78 is 58.8. The molecule has 0 aromatic heterocycles. The van der Waals surface area contributed by atoms with Crippen molar-refractivity contribution in [2.45, 2.75) is 12.8 Å². The molecule has 0 saturated carbocycles. The van der Waals surface area contributed by atoms with Crippen LogP contribution in [0.3, 0.4) is 0 Å². The minimum atomic E-state index is -4.78. The van der Waals surface area contributed by atoms with E-state index in [1.807, 2.05) is 0 Å². The first-order chi connectivity index (χ1) is 11.8. The first-order valence-corrected chi connectivity index (χ1v) is 6.76. The summed E-state index contributed by atoms with van der Waals surface area (Å²) in [5.74, 6) is -1.23. The molecule has 0 aliphatic carbocycles. The molecule has 0 amide bonds. The van der Waals surface area contributed by atoms with Crippen LogP contribution in [0.25, 0.3) is 0 Å². The van der Waals surface area contributed by atoms with Crippen LogP contribution in [0, 0.1) is 0 Å². The molecular weight excluding hydrogens is 346 g/mol. The summed E-state index contributed by atoms with van der Waals surface area (Å²) in [6, 6.07) is 12.8. The van der Waals surface area contributed by atoms with Gasteiger partial charge in [-0.1, -0.05) is 30.3 Å². The Bertz CT molecular complexity index is 687. The van der Waals surface area contributed by atoms with E-state index in [1.165, 1.54) is 12.1 Å². The zero-order chi connectivity index (χ0) is 18.9. The Morgan fingerprint density at radius 1 is 0.840 bits per heavy atom. The second-order valence-electron chi connectivity index (χ2n) is 4.54. The predicted octanol–water partition coefficient (Wildman–Crippen LogP) is 4.50. The molecule has 0 bridgehead atoms. The third-order valence-electron chi connectivity index (χ3n) is 2.83. The summed E-state index contributed by atoms with van der Waals surface area (Å²) in [6.07, 6.45) is -5.13. The van der Waals surface area contributed by atoms with Gasteiger partial charge in [0.15, 0.2) is 11.6 Å². The number of Topliss-reactive ketones (excluding diaryl/α,β-unsaturated/α-hetero) is 2. The summed E-state index contributed by atoms with van der Waals surface area (Å²) in [5.41, 5.74) is 0.562. The maximum Gasteiger partial charge on any atom is 0.577 e. The molecule has 0 N–H and O–H groups in total. The highest BCUT2D eigenvalue weighted by molar-refractivity contribution is 6.15. The molecule has 25 heavy (non-hydrogen) atoms. The largest absolute Gasteiger partial charge is 0.577 e. The van der Waals surface area contributed by atoms with E-state index in [4.69, 9.17) is 0 Å². The van der Waals surface area contributed by atoms with E-state index in [1.54, 1.807) is 30.3 Å². The molecule has 2 rings (SSSR count). The summed E-state index contributed by atoms with van der Waals surface area (Å²) in [5, 5.41) is 0. The number of alkyl halides is 3. The van der Waals surface area contributed by atoms with Crippen LogP contribution in [0.15, 0.2) is 54.6 Å². The normalized spacial score (nSPS) is 10.3. The van der Waals surface area contributed by atoms with Crippen molar-refractivity contribution in [3.8, 4) is 5.75 Å². The van der Waals surface area contributed by atoms with Gasteiger partial charge in [0.2, 0.25) is 0 Å². The molecule has 0 unspecified atom stereocenters. The molecule has 0 spiro atoms. The van der Waals surface area contributed by atoms with Gasteiger partial charge in [-0.2, -0.15) is 0 Å². The maximum absolute atomic E-state index is 12.0. The van der Waals surface area contributed by atoms with Gasteiger partial charge in [0.1, 0.15) is 5.75 Å². The van der Waals surface area contributed by atoms with Gasteiger partial charge in [0.25, 0.3) is 0 Å². The van der Waals surface area contributed by atoms with Gasteiger partial charge in [-0.05, 0) is 24.3 Å². The molecule has 2 aromatic rings. The van der Waals surface area contributed by atoms with E-state index in [2.05, 4.69) is 4.74 Å². The third kappa shape index (κ3) is 7.60. The zero-order valence-electron chi connectivity index (χ0n) is 12.6. The lowest BCUT2D eigenvalue weighted by Gasteiger charge is -2.09. The van der Waals surface area contributed by atoms with Crippen molar-refractivity contribution in [3.63, 3.8) is 0 Å². The molecule has 9 heteroatoms. The molecule has 0 aliphatic heterocycles. The number of rotatable bonds is 5. The second-order valence-corrected chi connectivity index (χ2v) is 4.54. The molecule has 2 aromatic carbocycles. The Morgan fingerprint density at radius 2 is 1.28 bits per heavy atom. The Labute approximate surface area is 140 Å². The second kappa shape index (κ2) is 9.56. The van der Waals surface area contributed by atoms with Crippen molar-refractivity contribution in [2.75, 3.05) is 0 Å². The zero-order valence-corrected chi connectivity index (χ0v) is 12.6. The van der Waals surface area contributed by atoms with Crippen LogP contribution < -0.4 is 4.74 Å². The molecule has 0 fully saturated rings. The van der Waals surface area contributed by atoms with Crippen LogP contribution in [0.1, 0.15) is 27.1 Å². The summed E-state index contributed by atoms with van der Waals surface area (Å²) >= 11 is 0. The standard InChI is InChI=1S/C16H11F3O3.BF2/c17-16(18,19)22-13-8-6-12(7-9-13)15(21)10-14(20)11-4-2-1-3-5-11;2-1-3/h1-9H,10H2;. The lowest BCUT2D eigenvalue weighted by Crippen LogP contribution is -2.17. The molecule has 0 saturated heterocycles. The smallest absolute Gasteiger partial charge is 0.406 e. The molecule has 131 valence electrons.